The second kappa shape index (κ2) is 8.63. The van der Waals surface area contributed by atoms with Gasteiger partial charge in [0.05, 0.1) is 16.6 Å². The van der Waals surface area contributed by atoms with Gasteiger partial charge in [0.1, 0.15) is 0 Å². The van der Waals surface area contributed by atoms with Gasteiger partial charge >= 0.3 is 0 Å². The summed E-state index contributed by atoms with van der Waals surface area (Å²) < 4.78 is 5.33. The molecule has 0 bridgehead atoms. The topological polar surface area (TPSA) is 80.0 Å². The molecule has 1 unspecified atom stereocenters. The maximum atomic E-state index is 12.7. The van der Waals surface area contributed by atoms with Gasteiger partial charge in [0.15, 0.2) is 0 Å². The number of aryl methyl sites for hydroxylation is 1. The monoisotopic (exact) mass is 366 g/mol. The molecule has 3 heterocycles. The van der Waals surface area contributed by atoms with Crippen LogP contribution in [0.25, 0.3) is 11.1 Å². The highest BCUT2D eigenvalue weighted by Crippen LogP contribution is 2.27. The third-order valence-corrected chi connectivity index (χ3v) is 4.63. The van der Waals surface area contributed by atoms with Gasteiger partial charge in [-0.25, -0.2) is 4.98 Å². The fourth-order valence-corrected chi connectivity index (χ4v) is 3.32. The van der Waals surface area contributed by atoms with Crippen molar-refractivity contribution in [1.29, 1.82) is 0 Å². The molecule has 138 valence electrons. The SMILES string of the molecule is Cc1cc(C(=O)NCCC2CCCNC2)c2c(C(C)C)noc2n1.Cl. The molecule has 7 heteroatoms. The Labute approximate surface area is 154 Å². The molecule has 1 saturated heterocycles. The van der Waals surface area contributed by atoms with Gasteiger partial charge in [-0.05, 0) is 57.2 Å². The van der Waals surface area contributed by atoms with Gasteiger partial charge in [-0.15, -0.1) is 12.4 Å². The lowest BCUT2D eigenvalue weighted by Crippen LogP contribution is -2.33. The van der Waals surface area contributed by atoms with Crippen molar-refractivity contribution < 1.29 is 9.32 Å². The number of aromatic nitrogens is 2. The van der Waals surface area contributed by atoms with Crippen molar-refractivity contribution >= 4 is 29.4 Å². The number of hydrogen-bond acceptors (Lipinski definition) is 5. The zero-order valence-electron chi connectivity index (χ0n) is 15.1. The fraction of sp³-hybridized carbons (Fsp3) is 0.611. The van der Waals surface area contributed by atoms with E-state index in [0.29, 0.717) is 23.7 Å². The van der Waals surface area contributed by atoms with Crippen LogP contribution in [-0.4, -0.2) is 35.7 Å². The summed E-state index contributed by atoms with van der Waals surface area (Å²) in [5, 5.41) is 11.3. The number of nitrogens with zero attached hydrogens (tertiary/aromatic N) is 2. The molecule has 1 aliphatic rings. The minimum Gasteiger partial charge on any atom is -0.352 e. The first-order valence-corrected chi connectivity index (χ1v) is 8.82. The molecule has 0 spiro atoms. The van der Waals surface area contributed by atoms with Crippen LogP contribution in [0.2, 0.25) is 0 Å². The van der Waals surface area contributed by atoms with Gasteiger partial charge in [0, 0.05) is 12.2 Å². The molecule has 2 N–H and O–H groups in total. The van der Waals surface area contributed by atoms with E-state index >= 15 is 0 Å². The number of pyridine rings is 1. The molecule has 0 saturated carbocycles. The number of carbonyl (C=O) groups excluding carboxylic acids is 1. The second-order valence-electron chi connectivity index (χ2n) is 6.97. The molecular formula is C18H27ClN4O2. The number of hydrogen-bond donors (Lipinski definition) is 2. The van der Waals surface area contributed by atoms with Crippen LogP contribution < -0.4 is 10.6 Å². The largest absolute Gasteiger partial charge is 0.352 e. The zero-order valence-corrected chi connectivity index (χ0v) is 15.9. The van der Waals surface area contributed by atoms with Gasteiger partial charge in [0.2, 0.25) is 0 Å². The number of piperidine rings is 1. The highest BCUT2D eigenvalue weighted by molar-refractivity contribution is 6.06. The van der Waals surface area contributed by atoms with Crippen LogP contribution in [-0.2, 0) is 0 Å². The van der Waals surface area contributed by atoms with Crippen molar-refractivity contribution in [3.63, 3.8) is 0 Å². The molecule has 0 radical (unpaired) electrons. The highest BCUT2D eigenvalue weighted by Gasteiger charge is 2.21. The van der Waals surface area contributed by atoms with Gasteiger partial charge < -0.3 is 15.2 Å². The molecule has 1 atom stereocenters. The minimum absolute atomic E-state index is 0. The molecule has 1 fully saturated rings. The van der Waals surface area contributed by atoms with Crippen molar-refractivity contribution in [1.82, 2.24) is 20.8 Å². The predicted octanol–water partition coefficient (Wildman–Crippen LogP) is 3.20. The van der Waals surface area contributed by atoms with Crippen LogP contribution in [0, 0.1) is 12.8 Å². The first kappa shape index (κ1) is 19.7. The lowest BCUT2D eigenvalue weighted by atomic mass is 9.96. The number of amides is 1. The van der Waals surface area contributed by atoms with E-state index in [0.717, 1.165) is 36.3 Å². The maximum Gasteiger partial charge on any atom is 0.259 e. The van der Waals surface area contributed by atoms with E-state index in [9.17, 15) is 4.79 Å². The minimum atomic E-state index is -0.0700. The number of halogens is 1. The van der Waals surface area contributed by atoms with E-state index in [1.165, 1.54) is 12.8 Å². The molecule has 6 nitrogen and oxygen atoms in total. The van der Waals surface area contributed by atoms with E-state index in [1.54, 1.807) is 0 Å². The average Bonchev–Trinajstić information content (AvgIpc) is 2.98. The number of carbonyl (C=O) groups is 1. The zero-order chi connectivity index (χ0) is 17.1. The molecule has 0 aliphatic carbocycles. The Balaban J connectivity index is 0.00000225. The van der Waals surface area contributed by atoms with Crippen LogP contribution >= 0.6 is 12.4 Å². The Bertz CT molecular complexity index is 723. The standard InChI is InChI=1S/C18H26N4O2.ClH/c1-11(2)16-15-14(9-12(3)21-18(15)24-22-16)17(23)20-8-6-13-5-4-7-19-10-13;/h9,11,13,19H,4-8,10H2,1-3H3,(H,20,23);1H. The summed E-state index contributed by atoms with van der Waals surface area (Å²) in [4.78, 5) is 17.1. The van der Waals surface area contributed by atoms with Gasteiger partial charge in [0.25, 0.3) is 11.6 Å². The fourth-order valence-electron chi connectivity index (χ4n) is 3.32. The Hall–Kier alpha value is -1.66. The molecule has 1 amide bonds. The third kappa shape index (κ3) is 4.50. The van der Waals surface area contributed by atoms with Crippen LogP contribution in [0.5, 0.6) is 0 Å². The quantitative estimate of drug-likeness (QED) is 0.849. The van der Waals surface area contributed by atoms with Crippen LogP contribution in [0.15, 0.2) is 10.6 Å². The molecule has 0 aromatic carbocycles. The Morgan fingerprint density at radius 2 is 2.28 bits per heavy atom. The van der Waals surface area contributed by atoms with E-state index in [1.807, 2.05) is 26.8 Å². The van der Waals surface area contributed by atoms with Gasteiger partial charge in [-0.1, -0.05) is 19.0 Å². The lowest BCUT2D eigenvalue weighted by Gasteiger charge is -2.22. The number of fused-ring (bicyclic) bond motifs is 1. The summed E-state index contributed by atoms with van der Waals surface area (Å²) in [6.45, 7) is 8.79. The summed E-state index contributed by atoms with van der Waals surface area (Å²) >= 11 is 0. The van der Waals surface area contributed by atoms with Crippen LogP contribution in [0.4, 0.5) is 0 Å². The van der Waals surface area contributed by atoms with E-state index in [4.69, 9.17) is 4.52 Å². The number of rotatable bonds is 5. The smallest absolute Gasteiger partial charge is 0.259 e. The van der Waals surface area contributed by atoms with E-state index in [2.05, 4.69) is 20.8 Å². The first-order chi connectivity index (χ1) is 11.6. The molecule has 25 heavy (non-hydrogen) atoms. The van der Waals surface area contributed by atoms with E-state index in [-0.39, 0.29) is 24.2 Å². The maximum absolute atomic E-state index is 12.7. The summed E-state index contributed by atoms with van der Waals surface area (Å²) in [7, 11) is 0. The Morgan fingerprint density at radius 1 is 1.48 bits per heavy atom. The third-order valence-electron chi connectivity index (χ3n) is 4.63. The van der Waals surface area contributed by atoms with Crippen molar-refractivity contribution in [2.75, 3.05) is 19.6 Å². The lowest BCUT2D eigenvalue weighted by molar-refractivity contribution is 0.0952. The van der Waals surface area contributed by atoms with Crippen molar-refractivity contribution in [2.45, 2.75) is 46.0 Å². The summed E-state index contributed by atoms with van der Waals surface area (Å²) in [6, 6.07) is 1.82. The van der Waals surface area contributed by atoms with Crippen molar-refractivity contribution in [2.24, 2.45) is 5.92 Å². The van der Waals surface area contributed by atoms with Gasteiger partial charge in [-0.3, -0.25) is 4.79 Å². The molecule has 2 aromatic heterocycles. The summed E-state index contributed by atoms with van der Waals surface area (Å²) in [6.07, 6.45) is 3.47. The molecule has 3 rings (SSSR count). The molecule has 1 aliphatic heterocycles. The second-order valence-corrected chi connectivity index (χ2v) is 6.97. The Kier molecular flexibility index (Phi) is 6.79. The van der Waals surface area contributed by atoms with Crippen molar-refractivity contribution in [3.05, 3.63) is 23.0 Å². The van der Waals surface area contributed by atoms with Crippen LogP contribution in [0.1, 0.15) is 60.8 Å². The first-order valence-electron chi connectivity index (χ1n) is 8.82. The molecule has 2 aromatic rings. The Morgan fingerprint density at radius 3 is 2.96 bits per heavy atom. The number of nitrogens with one attached hydrogen (secondary N) is 2. The van der Waals surface area contributed by atoms with Gasteiger partial charge in [-0.2, -0.15) is 0 Å². The average molecular weight is 367 g/mol. The normalized spacial score (nSPS) is 17.5. The summed E-state index contributed by atoms with van der Waals surface area (Å²) in [5.41, 5.74) is 2.61. The summed E-state index contributed by atoms with van der Waals surface area (Å²) in [5.74, 6) is 0.759. The predicted molar refractivity (Wildman–Crippen MR) is 100 cm³/mol. The van der Waals surface area contributed by atoms with Crippen molar-refractivity contribution in [3.8, 4) is 0 Å². The van der Waals surface area contributed by atoms with Crippen LogP contribution in [0.3, 0.4) is 0 Å². The van der Waals surface area contributed by atoms with E-state index < -0.39 is 0 Å². The molecular weight excluding hydrogens is 340 g/mol. The highest BCUT2D eigenvalue weighted by atomic mass is 35.5.